The highest BCUT2D eigenvalue weighted by molar-refractivity contribution is 7.16. The number of carboxylic acids is 1. The SMILES string of the molecule is Cc1cn2c(=O)cc(CN3CCC[C@@H](c4ccc(C(=O)O)cc4)C3)nc2s1. The largest absolute Gasteiger partial charge is 0.478 e. The normalized spacial score (nSPS) is 18.0. The second-order valence-corrected chi connectivity index (χ2v) is 8.29. The molecule has 1 fully saturated rings. The lowest BCUT2D eigenvalue weighted by molar-refractivity contribution is 0.0697. The second kappa shape index (κ2) is 7.25. The first kappa shape index (κ1) is 17.9. The standard InChI is InChI=1S/C20H21N3O3S/c1-13-10-23-18(24)9-17(21-20(23)27-13)12-22-8-2-3-16(11-22)14-4-6-15(7-5-14)19(25)26/h4-7,9-10,16H,2-3,8,11-12H2,1H3,(H,25,26)/t16-/m1/s1. The zero-order valence-corrected chi connectivity index (χ0v) is 15.9. The number of carboxylic acid groups (broad SMARTS) is 1. The fourth-order valence-corrected chi connectivity index (χ4v) is 4.59. The highest BCUT2D eigenvalue weighted by Gasteiger charge is 2.22. The maximum absolute atomic E-state index is 12.3. The van der Waals surface area contributed by atoms with E-state index in [4.69, 9.17) is 5.11 Å². The lowest BCUT2D eigenvalue weighted by Gasteiger charge is -2.32. The molecule has 1 atom stereocenters. The molecule has 0 spiro atoms. The molecule has 1 aliphatic rings. The van der Waals surface area contributed by atoms with E-state index >= 15 is 0 Å². The molecule has 0 unspecified atom stereocenters. The number of rotatable bonds is 4. The Morgan fingerprint density at radius 3 is 2.85 bits per heavy atom. The Morgan fingerprint density at radius 1 is 1.33 bits per heavy atom. The number of aromatic nitrogens is 2. The first-order valence-corrected chi connectivity index (χ1v) is 9.85. The maximum Gasteiger partial charge on any atom is 0.335 e. The van der Waals surface area contributed by atoms with Crippen molar-refractivity contribution in [1.29, 1.82) is 0 Å². The van der Waals surface area contributed by atoms with Crippen molar-refractivity contribution >= 4 is 22.3 Å². The number of piperidine rings is 1. The van der Waals surface area contributed by atoms with Gasteiger partial charge < -0.3 is 5.11 Å². The van der Waals surface area contributed by atoms with Crippen molar-refractivity contribution in [2.24, 2.45) is 0 Å². The molecule has 3 heterocycles. The van der Waals surface area contributed by atoms with Crippen LogP contribution in [-0.4, -0.2) is 38.4 Å². The zero-order valence-electron chi connectivity index (χ0n) is 15.1. The van der Waals surface area contributed by atoms with Gasteiger partial charge >= 0.3 is 5.97 Å². The predicted molar refractivity (Wildman–Crippen MR) is 105 cm³/mol. The van der Waals surface area contributed by atoms with Crippen LogP contribution in [0.3, 0.4) is 0 Å². The summed E-state index contributed by atoms with van der Waals surface area (Å²) < 4.78 is 1.60. The summed E-state index contributed by atoms with van der Waals surface area (Å²) in [6.45, 7) is 4.50. The second-order valence-electron chi connectivity index (χ2n) is 7.08. The Hall–Kier alpha value is -2.51. The summed E-state index contributed by atoms with van der Waals surface area (Å²) in [5.74, 6) is -0.529. The molecule has 0 aliphatic carbocycles. The van der Waals surface area contributed by atoms with E-state index in [9.17, 15) is 9.59 Å². The fraction of sp³-hybridized carbons (Fsp3) is 0.350. The Kier molecular flexibility index (Phi) is 4.80. The molecule has 4 rings (SSSR count). The van der Waals surface area contributed by atoms with Gasteiger partial charge in [-0.05, 0) is 49.9 Å². The molecule has 7 heteroatoms. The molecule has 6 nitrogen and oxygen atoms in total. The molecule has 27 heavy (non-hydrogen) atoms. The van der Waals surface area contributed by atoms with Gasteiger partial charge in [-0.1, -0.05) is 12.1 Å². The number of hydrogen-bond acceptors (Lipinski definition) is 5. The van der Waals surface area contributed by atoms with Crippen molar-refractivity contribution in [3.63, 3.8) is 0 Å². The highest BCUT2D eigenvalue weighted by atomic mass is 32.1. The van der Waals surface area contributed by atoms with E-state index in [1.807, 2.05) is 25.3 Å². The van der Waals surface area contributed by atoms with Crippen LogP contribution in [0.2, 0.25) is 0 Å². The van der Waals surface area contributed by atoms with Gasteiger partial charge in [0.2, 0.25) is 0 Å². The molecule has 0 saturated carbocycles. The number of benzene rings is 1. The number of likely N-dealkylation sites (tertiary alicyclic amines) is 1. The van der Waals surface area contributed by atoms with Crippen molar-refractivity contribution in [2.45, 2.75) is 32.2 Å². The monoisotopic (exact) mass is 383 g/mol. The summed E-state index contributed by atoms with van der Waals surface area (Å²) >= 11 is 1.53. The maximum atomic E-state index is 12.3. The number of hydrogen-bond donors (Lipinski definition) is 1. The molecule has 2 aromatic heterocycles. The molecule has 0 amide bonds. The molecule has 1 aliphatic heterocycles. The van der Waals surface area contributed by atoms with Crippen LogP contribution in [0.1, 0.15) is 45.3 Å². The molecule has 140 valence electrons. The molecule has 1 aromatic carbocycles. The van der Waals surface area contributed by atoms with Gasteiger partial charge in [0.15, 0.2) is 4.96 Å². The van der Waals surface area contributed by atoms with Gasteiger partial charge in [-0.3, -0.25) is 14.1 Å². The van der Waals surface area contributed by atoms with Crippen molar-refractivity contribution in [3.05, 3.63) is 68.6 Å². The quantitative estimate of drug-likeness (QED) is 0.749. The van der Waals surface area contributed by atoms with Crippen LogP contribution in [-0.2, 0) is 6.54 Å². The number of aryl methyl sites for hydroxylation is 1. The van der Waals surface area contributed by atoms with Gasteiger partial charge in [-0.25, -0.2) is 9.78 Å². The Labute approximate surface area is 160 Å². The average Bonchev–Trinajstić information content (AvgIpc) is 3.03. The summed E-state index contributed by atoms with van der Waals surface area (Å²) in [4.78, 5) is 32.1. The molecule has 0 bridgehead atoms. The van der Waals surface area contributed by atoms with E-state index in [1.54, 1.807) is 22.6 Å². The van der Waals surface area contributed by atoms with E-state index in [0.717, 1.165) is 41.5 Å². The topological polar surface area (TPSA) is 74.9 Å². The van der Waals surface area contributed by atoms with Crippen molar-refractivity contribution in [2.75, 3.05) is 13.1 Å². The van der Waals surface area contributed by atoms with Gasteiger partial charge in [0.05, 0.1) is 11.3 Å². The Bertz CT molecular complexity index is 1040. The minimum Gasteiger partial charge on any atom is -0.478 e. The zero-order chi connectivity index (χ0) is 19.0. The van der Waals surface area contributed by atoms with Crippen LogP contribution in [0.5, 0.6) is 0 Å². The van der Waals surface area contributed by atoms with Gasteiger partial charge in [0.25, 0.3) is 5.56 Å². The summed E-state index contributed by atoms with van der Waals surface area (Å²) in [5, 5.41) is 9.05. The van der Waals surface area contributed by atoms with Crippen LogP contribution in [0.4, 0.5) is 0 Å². The predicted octanol–water partition coefficient (Wildman–Crippen LogP) is 3.14. The summed E-state index contributed by atoms with van der Waals surface area (Å²) in [5.41, 5.74) is 2.26. The third-order valence-electron chi connectivity index (χ3n) is 5.06. The van der Waals surface area contributed by atoms with E-state index in [-0.39, 0.29) is 5.56 Å². The first-order chi connectivity index (χ1) is 13.0. The van der Waals surface area contributed by atoms with Crippen LogP contribution >= 0.6 is 11.3 Å². The van der Waals surface area contributed by atoms with Crippen LogP contribution in [0.25, 0.3) is 4.96 Å². The minimum atomic E-state index is -0.900. The van der Waals surface area contributed by atoms with Gasteiger partial charge in [0, 0.05) is 30.2 Å². The molecular formula is C20H21N3O3S. The molecule has 3 aromatic rings. The van der Waals surface area contributed by atoms with Crippen molar-refractivity contribution in [3.8, 4) is 0 Å². The molecule has 1 N–H and O–H groups in total. The smallest absolute Gasteiger partial charge is 0.335 e. The first-order valence-electron chi connectivity index (χ1n) is 9.04. The summed E-state index contributed by atoms with van der Waals surface area (Å²) in [6, 6.07) is 8.81. The lowest BCUT2D eigenvalue weighted by Crippen LogP contribution is -2.34. The number of thiazole rings is 1. The fourth-order valence-electron chi connectivity index (χ4n) is 3.74. The molecular weight excluding hydrogens is 362 g/mol. The molecule has 0 radical (unpaired) electrons. The van der Waals surface area contributed by atoms with Crippen molar-refractivity contribution in [1.82, 2.24) is 14.3 Å². The molecule has 1 saturated heterocycles. The highest BCUT2D eigenvalue weighted by Crippen LogP contribution is 2.28. The Morgan fingerprint density at radius 2 is 2.11 bits per heavy atom. The Balaban J connectivity index is 1.50. The van der Waals surface area contributed by atoms with Gasteiger partial charge in [0.1, 0.15) is 0 Å². The van der Waals surface area contributed by atoms with E-state index < -0.39 is 5.97 Å². The summed E-state index contributed by atoms with van der Waals surface area (Å²) in [6.07, 6.45) is 3.99. The van der Waals surface area contributed by atoms with Crippen LogP contribution in [0.15, 0.2) is 41.3 Å². The third-order valence-corrected chi connectivity index (χ3v) is 5.95. The number of aromatic carboxylic acids is 1. The van der Waals surface area contributed by atoms with E-state index in [1.165, 1.54) is 16.9 Å². The average molecular weight is 383 g/mol. The van der Waals surface area contributed by atoms with Crippen molar-refractivity contribution < 1.29 is 9.90 Å². The third kappa shape index (κ3) is 3.79. The van der Waals surface area contributed by atoms with E-state index in [2.05, 4.69) is 9.88 Å². The summed E-state index contributed by atoms with van der Waals surface area (Å²) in [7, 11) is 0. The van der Waals surface area contributed by atoms with Crippen LogP contribution < -0.4 is 5.56 Å². The van der Waals surface area contributed by atoms with Crippen LogP contribution in [0, 0.1) is 6.92 Å². The lowest BCUT2D eigenvalue weighted by atomic mass is 9.90. The number of carbonyl (C=O) groups is 1. The number of nitrogens with zero attached hydrogens (tertiary/aromatic N) is 3. The van der Waals surface area contributed by atoms with E-state index in [0.29, 0.717) is 18.0 Å². The van der Waals surface area contributed by atoms with Gasteiger partial charge in [-0.2, -0.15) is 0 Å². The number of fused-ring (bicyclic) bond motifs is 1. The van der Waals surface area contributed by atoms with Gasteiger partial charge in [-0.15, -0.1) is 11.3 Å². The minimum absolute atomic E-state index is 0.0304.